The van der Waals surface area contributed by atoms with Crippen LogP contribution in [0.4, 0.5) is 4.79 Å². The predicted molar refractivity (Wildman–Crippen MR) is 109 cm³/mol. The average molecular weight is 432 g/mol. The fourth-order valence-corrected chi connectivity index (χ4v) is 4.05. The lowest BCUT2D eigenvalue weighted by Crippen LogP contribution is -2.51. The molecule has 11 nitrogen and oxygen atoms in total. The zero-order chi connectivity index (χ0) is 22.5. The van der Waals surface area contributed by atoms with Gasteiger partial charge in [0.15, 0.2) is 0 Å². The van der Waals surface area contributed by atoms with Gasteiger partial charge in [-0.05, 0) is 33.1 Å². The molecule has 0 saturated carbocycles. The lowest BCUT2D eigenvalue weighted by Gasteiger charge is -2.30. The summed E-state index contributed by atoms with van der Waals surface area (Å²) in [7, 11) is 1.29. The molecular weight excluding hydrogens is 404 g/mol. The Bertz CT molecular complexity index is 833. The van der Waals surface area contributed by atoms with Crippen LogP contribution in [0.2, 0.25) is 0 Å². The third-order valence-electron chi connectivity index (χ3n) is 5.39. The molecule has 2 N–H and O–H groups in total. The quantitative estimate of drug-likeness (QED) is 0.622. The summed E-state index contributed by atoms with van der Waals surface area (Å²) in [4.78, 5) is 61.6. The summed E-state index contributed by atoms with van der Waals surface area (Å²) in [5.41, 5.74) is 0.110. The Balaban J connectivity index is 1.81. The van der Waals surface area contributed by atoms with Gasteiger partial charge in [0, 0.05) is 31.5 Å². The van der Waals surface area contributed by atoms with Gasteiger partial charge in [-0.2, -0.15) is 0 Å². The minimum absolute atomic E-state index is 0.0541. The number of likely N-dealkylation sites (tertiary alicyclic amines) is 2. The molecule has 0 aromatic carbocycles. The van der Waals surface area contributed by atoms with E-state index in [9.17, 15) is 19.2 Å². The minimum Gasteiger partial charge on any atom is -0.467 e. The van der Waals surface area contributed by atoms with E-state index in [4.69, 9.17) is 4.74 Å². The maximum Gasteiger partial charge on any atom is 0.328 e. The Hall–Kier alpha value is -3.24. The third-order valence-corrected chi connectivity index (χ3v) is 5.39. The first-order valence-corrected chi connectivity index (χ1v) is 10.3. The van der Waals surface area contributed by atoms with E-state index < -0.39 is 30.0 Å². The molecule has 0 aliphatic carbocycles. The van der Waals surface area contributed by atoms with Crippen LogP contribution in [0.25, 0.3) is 0 Å². The van der Waals surface area contributed by atoms with Gasteiger partial charge in [0.05, 0.1) is 19.3 Å². The molecule has 2 saturated heterocycles. The maximum absolute atomic E-state index is 13.4. The second kappa shape index (κ2) is 9.71. The van der Waals surface area contributed by atoms with E-state index >= 15 is 0 Å². The van der Waals surface area contributed by atoms with Crippen molar-refractivity contribution in [3.05, 3.63) is 24.3 Å². The van der Waals surface area contributed by atoms with Crippen LogP contribution in [-0.2, 0) is 14.3 Å². The van der Waals surface area contributed by atoms with Crippen LogP contribution >= 0.6 is 0 Å². The highest BCUT2D eigenvalue weighted by atomic mass is 16.5. The number of methoxy groups -OCH3 is 1. The van der Waals surface area contributed by atoms with Gasteiger partial charge in [0.25, 0.3) is 5.91 Å². The number of rotatable bonds is 5. The molecule has 0 bridgehead atoms. The lowest BCUT2D eigenvalue weighted by atomic mass is 10.1. The van der Waals surface area contributed by atoms with Crippen LogP contribution in [-0.4, -0.2) is 87.9 Å². The number of nitrogens with zero attached hydrogens (tertiary/aromatic N) is 4. The molecule has 31 heavy (non-hydrogen) atoms. The van der Waals surface area contributed by atoms with Gasteiger partial charge < -0.3 is 25.2 Å². The number of hydrogen-bond acceptors (Lipinski definition) is 7. The average Bonchev–Trinajstić information content (AvgIpc) is 3.39. The van der Waals surface area contributed by atoms with E-state index in [0.29, 0.717) is 19.4 Å². The van der Waals surface area contributed by atoms with E-state index in [1.165, 1.54) is 35.5 Å². The first kappa shape index (κ1) is 22.4. The van der Waals surface area contributed by atoms with Crippen LogP contribution in [0.3, 0.4) is 0 Å². The van der Waals surface area contributed by atoms with Crippen LogP contribution in [0.5, 0.6) is 0 Å². The lowest BCUT2D eigenvalue weighted by molar-refractivity contribution is -0.152. The van der Waals surface area contributed by atoms with Crippen molar-refractivity contribution in [3.8, 4) is 0 Å². The molecular formula is C20H28N6O5. The molecule has 3 atom stereocenters. The minimum atomic E-state index is -0.830. The summed E-state index contributed by atoms with van der Waals surface area (Å²) < 4.78 is 4.83. The number of urea groups is 1. The summed E-state index contributed by atoms with van der Waals surface area (Å²) in [6, 6.07) is -2.34. The Labute approximate surface area is 180 Å². The molecule has 1 aromatic rings. The van der Waals surface area contributed by atoms with E-state index in [1.54, 1.807) is 0 Å². The van der Waals surface area contributed by atoms with E-state index in [1.807, 2.05) is 13.8 Å². The summed E-state index contributed by atoms with van der Waals surface area (Å²) in [5, 5.41) is 5.57. The van der Waals surface area contributed by atoms with Gasteiger partial charge >= 0.3 is 12.0 Å². The maximum atomic E-state index is 13.4. The third kappa shape index (κ3) is 5.09. The zero-order valence-electron chi connectivity index (χ0n) is 17.9. The van der Waals surface area contributed by atoms with Gasteiger partial charge in [0.1, 0.15) is 17.8 Å². The highest BCUT2D eigenvalue weighted by Gasteiger charge is 2.46. The summed E-state index contributed by atoms with van der Waals surface area (Å²) in [5.74, 6) is -1.26. The van der Waals surface area contributed by atoms with Gasteiger partial charge in [-0.3, -0.25) is 14.6 Å². The van der Waals surface area contributed by atoms with Crippen molar-refractivity contribution in [1.29, 1.82) is 0 Å². The number of aromatic nitrogens is 2. The Morgan fingerprint density at radius 2 is 1.94 bits per heavy atom. The second-order valence-electron chi connectivity index (χ2n) is 7.98. The van der Waals surface area contributed by atoms with Crippen molar-refractivity contribution < 1.29 is 23.9 Å². The summed E-state index contributed by atoms with van der Waals surface area (Å²) >= 11 is 0. The predicted octanol–water partition coefficient (Wildman–Crippen LogP) is -0.0687. The molecule has 2 fully saturated rings. The number of hydrogen-bond donors (Lipinski definition) is 2. The molecule has 3 rings (SSSR count). The van der Waals surface area contributed by atoms with E-state index in [-0.39, 0.29) is 36.6 Å². The van der Waals surface area contributed by atoms with Crippen molar-refractivity contribution in [1.82, 2.24) is 30.4 Å². The number of carbonyl (C=O) groups excluding carboxylic acids is 4. The number of ether oxygens (including phenoxy) is 1. The monoisotopic (exact) mass is 432 g/mol. The van der Waals surface area contributed by atoms with Crippen LogP contribution in [0, 0.1) is 0 Å². The number of carbonyl (C=O) groups is 4. The van der Waals surface area contributed by atoms with Crippen molar-refractivity contribution in [2.75, 3.05) is 20.2 Å². The SMILES string of the molecule is COC(=O)[C@H]1CCCN1C(=O)[C@@H]1C[C@H](NC(=O)NC(C)C)CN1C(=O)c1cnccn1. The number of esters is 1. The van der Waals surface area contributed by atoms with Crippen LogP contribution in [0.15, 0.2) is 18.6 Å². The Kier molecular flexibility index (Phi) is 7.03. The molecule has 0 unspecified atom stereocenters. The zero-order valence-corrected chi connectivity index (χ0v) is 17.9. The summed E-state index contributed by atoms with van der Waals surface area (Å²) in [6.07, 6.45) is 5.62. The standard InChI is InChI=1S/C20H28N6O5/c1-12(2)23-20(30)24-13-9-16(18(28)25-8-4-5-15(25)19(29)31-3)26(11-13)17(27)14-10-21-6-7-22-14/h6-7,10,12-13,15-16H,4-5,8-9,11H2,1-3H3,(H2,23,24,30)/t13-,15+,16-/m0/s1. The fourth-order valence-electron chi connectivity index (χ4n) is 4.05. The van der Waals surface area contributed by atoms with Crippen LogP contribution < -0.4 is 10.6 Å². The van der Waals surface area contributed by atoms with Crippen molar-refractivity contribution >= 4 is 23.8 Å². The van der Waals surface area contributed by atoms with Crippen molar-refractivity contribution in [3.63, 3.8) is 0 Å². The molecule has 0 radical (unpaired) electrons. The van der Waals surface area contributed by atoms with Gasteiger partial charge in [0.2, 0.25) is 5.91 Å². The van der Waals surface area contributed by atoms with E-state index in [2.05, 4.69) is 20.6 Å². The highest BCUT2D eigenvalue weighted by Crippen LogP contribution is 2.26. The number of nitrogens with one attached hydrogen (secondary N) is 2. The molecule has 0 spiro atoms. The van der Waals surface area contributed by atoms with E-state index in [0.717, 1.165) is 0 Å². The van der Waals surface area contributed by atoms with Gasteiger partial charge in [-0.1, -0.05) is 0 Å². The topological polar surface area (TPSA) is 134 Å². The summed E-state index contributed by atoms with van der Waals surface area (Å²) in [6.45, 7) is 4.23. The van der Waals surface area contributed by atoms with Gasteiger partial charge in [-0.25, -0.2) is 14.6 Å². The molecule has 3 heterocycles. The number of amides is 4. The second-order valence-corrected chi connectivity index (χ2v) is 7.98. The largest absolute Gasteiger partial charge is 0.467 e. The van der Waals surface area contributed by atoms with Crippen molar-refractivity contribution in [2.45, 2.75) is 57.3 Å². The first-order chi connectivity index (χ1) is 14.8. The molecule has 2 aliphatic rings. The van der Waals surface area contributed by atoms with Crippen LogP contribution in [0.1, 0.15) is 43.6 Å². The Morgan fingerprint density at radius 3 is 2.58 bits per heavy atom. The molecule has 1 aromatic heterocycles. The first-order valence-electron chi connectivity index (χ1n) is 10.3. The molecule has 11 heteroatoms. The van der Waals surface area contributed by atoms with Gasteiger partial charge in [-0.15, -0.1) is 0 Å². The highest BCUT2D eigenvalue weighted by molar-refractivity contribution is 5.97. The Morgan fingerprint density at radius 1 is 1.16 bits per heavy atom. The van der Waals surface area contributed by atoms with Crippen molar-refractivity contribution in [2.24, 2.45) is 0 Å². The molecule has 2 aliphatic heterocycles. The molecule has 4 amide bonds. The smallest absolute Gasteiger partial charge is 0.328 e. The fraction of sp³-hybridized carbons (Fsp3) is 0.600. The molecule has 168 valence electrons. The normalized spacial score (nSPS) is 23.0.